The van der Waals surface area contributed by atoms with Gasteiger partial charge < -0.3 is 10.6 Å². The highest BCUT2D eigenvalue weighted by molar-refractivity contribution is 5.79. The Morgan fingerprint density at radius 1 is 1.65 bits per heavy atom. The number of nitrogens with zero attached hydrogens (tertiary/aromatic N) is 1. The Bertz CT molecular complexity index is 303. The van der Waals surface area contributed by atoms with Gasteiger partial charge in [0.05, 0.1) is 0 Å². The quantitative estimate of drug-likeness (QED) is 0.272. The van der Waals surface area contributed by atoms with Crippen LogP contribution in [0.2, 0.25) is 0 Å². The fourth-order valence-corrected chi connectivity index (χ4v) is 2.27. The molecule has 0 aromatic carbocycles. The van der Waals surface area contributed by atoms with Crippen molar-refractivity contribution in [3.05, 3.63) is 11.6 Å². The fourth-order valence-electron chi connectivity index (χ4n) is 2.27. The van der Waals surface area contributed by atoms with E-state index in [0.717, 1.165) is 19.3 Å². The van der Waals surface area contributed by atoms with Crippen molar-refractivity contribution in [3.8, 4) is 0 Å². The van der Waals surface area contributed by atoms with Crippen molar-refractivity contribution in [2.45, 2.75) is 39.5 Å². The van der Waals surface area contributed by atoms with E-state index in [1.165, 1.54) is 5.57 Å². The lowest BCUT2D eigenvalue weighted by atomic mass is 9.81. The first-order chi connectivity index (χ1) is 8.08. The Hall–Kier alpha value is -1.13. The minimum Gasteiger partial charge on any atom is -0.473 e. The van der Waals surface area contributed by atoms with Crippen LogP contribution < -0.4 is 5.84 Å². The van der Waals surface area contributed by atoms with Gasteiger partial charge in [0.1, 0.15) is 0 Å². The number of halogens is 2. The third-order valence-electron chi connectivity index (χ3n) is 3.18. The van der Waals surface area contributed by atoms with Crippen LogP contribution in [0.4, 0.5) is 8.78 Å². The molecular weight excluding hydrogens is 226 g/mol. The molecule has 0 spiro atoms. The zero-order valence-corrected chi connectivity index (χ0v) is 10.3. The summed E-state index contributed by atoms with van der Waals surface area (Å²) in [5, 5.41) is 3.50. The van der Waals surface area contributed by atoms with Gasteiger partial charge in [-0.2, -0.15) is 0 Å². The van der Waals surface area contributed by atoms with Gasteiger partial charge in [0.2, 0.25) is 5.90 Å². The zero-order chi connectivity index (χ0) is 12.8. The van der Waals surface area contributed by atoms with Crippen LogP contribution in [-0.4, -0.2) is 18.9 Å². The lowest BCUT2D eigenvalue weighted by Gasteiger charge is -2.27. The van der Waals surface area contributed by atoms with E-state index in [1.54, 1.807) is 0 Å². The maximum atomic E-state index is 12.1. The first-order valence-electron chi connectivity index (χ1n) is 5.96. The van der Waals surface area contributed by atoms with Crippen LogP contribution in [0, 0.1) is 11.8 Å². The number of ether oxygens (including phenoxy) is 1. The largest absolute Gasteiger partial charge is 0.473 e. The normalized spacial score (nSPS) is 25.9. The van der Waals surface area contributed by atoms with Gasteiger partial charge in [0.25, 0.3) is 6.43 Å². The number of nitrogens with two attached hydrogens (primary N) is 1. The summed E-state index contributed by atoms with van der Waals surface area (Å²) in [5.41, 5.74) is 1.41. The predicted molar refractivity (Wildman–Crippen MR) is 63.8 cm³/mol. The summed E-state index contributed by atoms with van der Waals surface area (Å²) in [6, 6.07) is 0. The van der Waals surface area contributed by atoms with Crippen molar-refractivity contribution in [2.75, 3.05) is 6.61 Å². The molecule has 0 aromatic heterocycles. The molecule has 1 aliphatic carbocycles. The van der Waals surface area contributed by atoms with Gasteiger partial charge in [0, 0.05) is 5.92 Å². The average Bonchev–Trinajstić information content (AvgIpc) is 2.29. The molecule has 0 aliphatic heterocycles. The number of hydrogen-bond acceptors (Lipinski definition) is 3. The molecule has 2 N–H and O–H groups in total. The van der Waals surface area contributed by atoms with Crippen LogP contribution in [0.5, 0.6) is 0 Å². The standard InChI is InChI=1S/C12H20F2N2O/c1-3-9-4-5-10(6-8(9)2)12(16-15)17-7-11(13)14/h4,8,10-11H,3,5-7,15H2,1-2H3/b16-12-/t8-,10?/m0/s1. The molecule has 3 nitrogen and oxygen atoms in total. The lowest BCUT2D eigenvalue weighted by Crippen LogP contribution is -2.26. The van der Waals surface area contributed by atoms with Crippen molar-refractivity contribution in [2.24, 2.45) is 22.8 Å². The molecule has 98 valence electrons. The smallest absolute Gasteiger partial charge is 0.272 e. The van der Waals surface area contributed by atoms with E-state index >= 15 is 0 Å². The highest BCUT2D eigenvalue weighted by atomic mass is 19.3. The van der Waals surface area contributed by atoms with E-state index in [1.807, 2.05) is 0 Å². The maximum absolute atomic E-state index is 12.1. The van der Waals surface area contributed by atoms with Crippen molar-refractivity contribution in [3.63, 3.8) is 0 Å². The number of hydrazone groups is 1. The molecule has 0 fully saturated rings. The second-order valence-electron chi connectivity index (χ2n) is 4.37. The number of hydrogen-bond donors (Lipinski definition) is 1. The van der Waals surface area contributed by atoms with E-state index in [4.69, 9.17) is 10.6 Å². The van der Waals surface area contributed by atoms with E-state index in [-0.39, 0.29) is 11.8 Å². The van der Waals surface area contributed by atoms with Crippen LogP contribution >= 0.6 is 0 Å². The van der Waals surface area contributed by atoms with Gasteiger partial charge in [-0.1, -0.05) is 25.5 Å². The Morgan fingerprint density at radius 3 is 2.82 bits per heavy atom. The second kappa shape index (κ2) is 6.57. The van der Waals surface area contributed by atoms with E-state index < -0.39 is 13.0 Å². The number of rotatable bonds is 4. The van der Waals surface area contributed by atoms with E-state index in [9.17, 15) is 8.78 Å². The van der Waals surface area contributed by atoms with Gasteiger partial charge in [-0.05, 0) is 25.2 Å². The maximum Gasteiger partial charge on any atom is 0.272 e. The minimum absolute atomic E-state index is 0.0315. The zero-order valence-electron chi connectivity index (χ0n) is 10.3. The Balaban J connectivity index is 2.58. The Kier molecular flexibility index (Phi) is 5.38. The molecule has 0 radical (unpaired) electrons. The second-order valence-corrected chi connectivity index (χ2v) is 4.37. The van der Waals surface area contributed by atoms with Crippen LogP contribution in [0.3, 0.4) is 0 Å². The molecule has 17 heavy (non-hydrogen) atoms. The predicted octanol–water partition coefficient (Wildman–Crippen LogP) is 2.92. The lowest BCUT2D eigenvalue weighted by molar-refractivity contribution is 0.0713. The fraction of sp³-hybridized carbons (Fsp3) is 0.750. The molecule has 0 bridgehead atoms. The third kappa shape index (κ3) is 3.98. The topological polar surface area (TPSA) is 47.6 Å². The van der Waals surface area contributed by atoms with Crippen LogP contribution in [0.15, 0.2) is 16.8 Å². The molecular formula is C12H20F2N2O. The van der Waals surface area contributed by atoms with Crippen molar-refractivity contribution in [1.29, 1.82) is 0 Å². The highest BCUT2D eigenvalue weighted by Crippen LogP contribution is 2.31. The Morgan fingerprint density at radius 2 is 2.35 bits per heavy atom. The van der Waals surface area contributed by atoms with E-state index in [0.29, 0.717) is 5.92 Å². The molecule has 0 heterocycles. The van der Waals surface area contributed by atoms with Crippen LogP contribution in [-0.2, 0) is 4.74 Å². The van der Waals surface area contributed by atoms with Gasteiger partial charge in [-0.3, -0.25) is 0 Å². The van der Waals surface area contributed by atoms with Crippen LogP contribution in [0.1, 0.15) is 33.1 Å². The highest BCUT2D eigenvalue weighted by Gasteiger charge is 2.25. The van der Waals surface area contributed by atoms with Crippen molar-refractivity contribution >= 4 is 5.90 Å². The van der Waals surface area contributed by atoms with Gasteiger partial charge in [-0.25, -0.2) is 8.78 Å². The summed E-state index contributed by atoms with van der Waals surface area (Å²) < 4.78 is 29.1. The molecule has 2 atom stereocenters. The van der Waals surface area contributed by atoms with E-state index in [2.05, 4.69) is 25.0 Å². The average molecular weight is 246 g/mol. The first kappa shape index (κ1) is 13.9. The molecule has 0 amide bonds. The summed E-state index contributed by atoms with van der Waals surface area (Å²) in [6.45, 7) is 3.61. The van der Waals surface area contributed by atoms with Gasteiger partial charge in [-0.15, -0.1) is 5.10 Å². The molecule has 1 unspecified atom stereocenters. The molecule has 0 saturated carbocycles. The Labute approximate surface area is 101 Å². The summed E-state index contributed by atoms with van der Waals surface area (Å²) >= 11 is 0. The van der Waals surface area contributed by atoms with Gasteiger partial charge in [0.15, 0.2) is 6.61 Å². The summed E-state index contributed by atoms with van der Waals surface area (Å²) in [6.07, 6.45) is 2.32. The van der Waals surface area contributed by atoms with Gasteiger partial charge >= 0.3 is 0 Å². The minimum atomic E-state index is -2.49. The monoisotopic (exact) mass is 246 g/mol. The summed E-state index contributed by atoms with van der Waals surface area (Å²) in [5.74, 6) is 5.92. The number of alkyl halides is 2. The first-order valence-corrected chi connectivity index (χ1v) is 5.96. The summed E-state index contributed by atoms with van der Waals surface area (Å²) in [4.78, 5) is 0. The third-order valence-corrected chi connectivity index (χ3v) is 3.18. The molecule has 0 aromatic rings. The van der Waals surface area contributed by atoms with Crippen molar-refractivity contribution in [1.82, 2.24) is 0 Å². The summed E-state index contributed by atoms with van der Waals surface area (Å²) in [7, 11) is 0. The molecule has 5 heteroatoms. The SMILES string of the molecule is CCC1=CCC(/C(=N/N)OCC(F)F)C[C@@H]1C. The number of allylic oxidation sites excluding steroid dienone is 2. The molecule has 0 saturated heterocycles. The molecule has 1 aliphatic rings. The van der Waals surface area contributed by atoms with Crippen LogP contribution in [0.25, 0.3) is 0 Å². The van der Waals surface area contributed by atoms with Crippen molar-refractivity contribution < 1.29 is 13.5 Å². The molecule has 1 rings (SSSR count).